The van der Waals surface area contributed by atoms with E-state index in [-0.39, 0.29) is 11.5 Å². The number of rotatable bonds is 2. The molecule has 2 rings (SSSR count). The molecule has 0 aromatic carbocycles. The minimum atomic E-state index is -0.568. The Kier molecular flexibility index (Phi) is 2.44. The van der Waals surface area contributed by atoms with E-state index in [2.05, 4.69) is 16.9 Å². The van der Waals surface area contributed by atoms with Crippen molar-refractivity contribution < 1.29 is 9.59 Å². The molecule has 16 heavy (non-hydrogen) atoms. The molecule has 0 saturated carbocycles. The molecule has 1 aromatic heterocycles. The van der Waals surface area contributed by atoms with Gasteiger partial charge in [-0.15, -0.1) is 0 Å². The molecule has 0 aliphatic carbocycles. The monoisotopic (exact) mass is 217 g/mol. The Labute approximate surface area is 92.4 Å². The van der Waals surface area contributed by atoms with Gasteiger partial charge in [0.2, 0.25) is 11.8 Å². The van der Waals surface area contributed by atoms with Crippen molar-refractivity contribution in [3.63, 3.8) is 0 Å². The van der Waals surface area contributed by atoms with Crippen molar-refractivity contribution in [3.8, 4) is 0 Å². The van der Waals surface area contributed by atoms with Crippen LogP contribution in [0.25, 0.3) is 5.57 Å². The number of nitrogens with two attached hydrogens (primary N) is 1. The third kappa shape index (κ3) is 1.79. The van der Waals surface area contributed by atoms with E-state index in [0.29, 0.717) is 24.2 Å². The number of hydrogen-bond donors (Lipinski definition) is 2. The number of primary amides is 1. The molecule has 0 unspecified atom stereocenters. The topological polar surface area (TPSA) is 85.1 Å². The Morgan fingerprint density at radius 3 is 2.94 bits per heavy atom. The molecule has 0 radical (unpaired) electrons. The third-order valence-electron chi connectivity index (χ3n) is 2.49. The highest BCUT2D eigenvalue weighted by atomic mass is 16.2. The van der Waals surface area contributed by atoms with Crippen molar-refractivity contribution in [1.29, 1.82) is 0 Å². The fraction of sp³-hybridized carbons (Fsp3) is 0.182. The first-order valence-electron chi connectivity index (χ1n) is 4.86. The summed E-state index contributed by atoms with van der Waals surface area (Å²) in [7, 11) is 0. The van der Waals surface area contributed by atoms with E-state index >= 15 is 0 Å². The molecule has 5 nitrogen and oxygen atoms in total. The average Bonchev–Trinajstić information content (AvgIpc) is 2.27. The van der Waals surface area contributed by atoms with Crippen molar-refractivity contribution in [3.05, 3.63) is 30.0 Å². The van der Waals surface area contributed by atoms with Crippen molar-refractivity contribution in [2.75, 3.05) is 5.32 Å². The lowest BCUT2D eigenvalue weighted by Crippen LogP contribution is -2.20. The van der Waals surface area contributed by atoms with Crippen LogP contribution in [-0.2, 0) is 16.0 Å². The van der Waals surface area contributed by atoms with Crippen molar-refractivity contribution in [2.24, 2.45) is 5.73 Å². The molecule has 3 N–H and O–H groups in total. The summed E-state index contributed by atoms with van der Waals surface area (Å²) in [6, 6.07) is 1.79. The van der Waals surface area contributed by atoms with Crippen LogP contribution in [0.4, 0.5) is 5.82 Å². The van der Waals surface area contributed by atoms with Crippen LogP contribution >= 0.6 is 0 Å². The van der Waals surface area contributed by atoms with Gasteiger partial charge in [0.15, 0.2) is 0 Å². The van der Waals surface area contributed by atoms with Gasteiger partial charge in [0.1, 0.15) is 5.82 Å². The molecular weight excluding hydrogens is 206 g/mol. The molecule has 0 atom stereocenters. The van der Waals surface area contributed by atoms with Crippen molar-refractivity contribution in [2.45, 2.75) is 12.8 Å². The molecule has 1 aliphatic heterocycles. The van der Waals surface area contributed by atoms with E-state index in [1.807, 2.05) is 0 Å². The van der Waals surface area contributed by atoms with Gasteiger partial charge in [0.25, 0.3) is 0 Å². The Bertz CT molecular complexity index is 494. The van der Waals surface area contributed by atoms with Gasteiger partial charge in [-0.05, 0) is 18.1 Å². The number of pyridine rings is 1. The highest BCUT2D eigenvalue weighted by Gasteiger charge is 2.17. The summed E-state index contributed by atoms with van der Waals surface area (Å²) in [5.41, 5.74) is 6.86. The quantitative estimate of drug-likeness (QED) is 0.706. The van der Waals surface area contributed by atoms with E-state index in [1.165, 1.54) is 6.20 Å². The van der Waals surface area contributed by atoms with Crippen LogP contribution in [0.2, 0.25) is 0 Å². The molecule has 82 valence electrons. The third-order valence-corrected chi connectivity index (χ3v) is 2.49. The maximum absolute atomic E-state index is 11.1. The number of amides is 2. The first kappa shape index (κ1) is 10.4. The lowest BCUT2D eigenvalue weighted by atomic mass is 10.0. The zero-order chi connectivity index (χ0) is 11.7. The number of fused-ring (bicyclic) bond motifs is 1. The number of carbonyl (C=O) groups excluding carboxylic acids is 2. The Balaban J connectivity index is 2.36. The van der Waals surface area contributed by atoms with E-state index in [0.717, 1.165) is 5.56 Å². The normalized spacial score (nSPS) is 13.9. The number of aromatic nitrogens is 1. The molecule has 0 saturated heterocycles. The number of nitrogens with zero attached hydrogens (tertiary/aromatic N) is 1. The minimum Gasteiger partial charge on any atom is -0.366 e. The SMILES string of the molecule is C=C(C(N)=O)c1cnc2c(c1)CCC(=O)N2. The van der Waals surface area contributed by atoms with Crippen LogP contribution in [0.3, 0.4) is 0 Å². The molecule has 0 spiro atoms. The van der Waals surface area contributed by atoms with Gasteiger partial charge in [0.05, 0.1) is 0 Å². The molecule has 0 fully saturated rings. The smallest absolute Gasteiger partial charge is 0.248 e. The Hall–Kier alpha value is -2.17. The lowest BCUT2D eigenvalue weighted by molar-refractivity contribution is -0.116. The summed E-state index contributed by atoms with van der Waals surface area (Å²) in [4.78, 5) is 26.1. The van der Waals surface area contributed by atoms with Gasteiger partial charge in [-0.1, -0.05) is 6.58 Å². The van der Waals surface area contributed by atoms with E-state index < -0.39 is 5.91 Å². The second-order valence-electron chi connectivity index (χ2n) is 3.62. The van der Waals surface area contributed by atoms with Crippen LogP contribution in [-0.4, -0.2) is 16.8 Å². The number of hydrogen-bond acceptors (Lipinski definition) is 3. The highest BCUT2D eigenvalue weighted by Crippen LogP contribution is 2.23. The maximum atomic E-state index is 11.1. The van der Waals surface area contributed by atoms with Gasteiger partial charge < -0.3 is 11.1 Å². The zero-order valence-corrected chi connectivity index (χ0v) is 8.62. The maximum Gasteiger partial charge on any atom is 0.248 e. The number of nitrogens with one attached hydrogen (secondary N) is 1. The average molecular weight is 217 g/mol. The summed E-state index contributed by atoms with van der Waals surface area (Å²) >= 11 is 0. The van der Waals surface area contributed by atoms with E-state index in [4.69, 9.17) is 5.73 Å². The van der Waals surface area contributed by atoms with Crippen molar-refractivity contribution in [1.82, 2.24) is 4.98 Å². The van der Waals surface area contributed by atoms with E-state index in [9.17, 15) is 9.59 Å². The molecule has 1 aliphatic rings. The van der Waals surface area contributed by atoms with Crippen LogP contribution < -0.4 is 11.1 Å². The summed E-state index contributed by atoms with van der Waals surface area (Å²) in [6.07, 6.45) is 2.53. The van der Waals surface area contributed by atoms with Crippen LogP contribution in [0.15, 0.2) is 18.8 Å². The van der Waals surface area contributed by atoms with Gasteiger partial charge in [-0.2, -0.15) is 0 Å². The number of aryl methyl sites for hydroxylation is 1. The van der Waals surface area contributed by atoms with Gasteiger partial charge in [0, 0.05) is 23.8 Å². The molecule has 1 aromatic rings. The molecule has 2 heterocycles. The van der Waals surface area contributed by atoms with E-state index in [1.54, 1.807) is 6.07 Å². The first-order valence-corrected chi connectivity index (χ1v) is 4.86. The predicted octanol–water partition coefficient (Wildman–Crippen LogP) is 0.465. The number of carbonyl (C=O) groups is 2. The first-order chi connectivity index (χ1) is 7.58. The summed E-state index contributed by atoms with van der Waals surface area (Å²) in [5, 5.41) is 2.66. The minimum absolute atomic E-state index is 0.0403. The van der Waals surface area contributed by atoms with Gasteiger partial charge in [-0.3, -0.25) is 9.59 Å². The largest absolute Gasteiger partial charge is 0.366 e. The van der Waals surface area contributed by atoms with Gasteiger partial charge >= 0.3 is 0 Å². The molecular formula is C11H11N3O2. The highest BCUT2D eigenvalue weighted by molar-refractivity contribution is 6.17. The Morgan fingerprint density at radius 2 is 2.25 bits per heavy atom. The Morgan fingerprint density at radius 1 is 1.50 bits per heavy atom. The van der Waals surface area contributed by atoms with Crippen molar-refractivity contribution >= 4 is 23.2 Å². The second-order valence-corrected chi connectivity index (χ2v) is 3.62. The summed E-state index contributed by atoms with van der Waals surface area (Å²) in [5.74, 6) is -0.0552. The van der Waals surface area contributed by atoms with Crippen LogP contribution in [0.1, 0.15) is 17.5 Å². The summed E-state index contributed by atoms with van der Waals surface area (Å²) in [6.45, 7) is 3.59. The standard InChI is InChI=1S/C11H11N3O2/c1-6(10(12)16)8-4-7-2-3-9(15)14-11(7)13-5-8/h4-5H,1-3H2,(H2,12,16)(H,13,14,15). The number of anilines is 1. The lowest BCUT2D eigenvalue weighted by Gasteiger charge is -2.16. The fourth-order valence-corrected chi connectivity index (χ4v) is 1.56. The zero-order valence-electron chi connectivity index (χ0n) is 8.62. The predicted molar refractivity (Wildman–Crippen MR) is 59.4 cm³/mol. The molecule has 5 heteroatoms. The fourth-order valence-electron chi connectivity index (χ4n) is 1.56. The summed E-state index contributed by atoms with van der Waals surface area (Å²) < 4.78 is 0. The van der Waals surface area contributed by atoms with Gasteiger partial charge in [-0.25, -0.2) is 4.98 Å². The molecule has 2 amide bonds. The van der Waals surface area contributed by atoms with Crippen LogP contribution in [0.5, 0.6) is 0 Å². The van der Waals surface area contributed by atoms with Crippen LogP contribution in [0, 0.1) is 0 Å². The molecule has 0 bridgehead atoms. The second kappa shape index (κ2) is 3.77.